The van der Waals surface area contributed by atoms with Crippen molar-refractivity contribution in [2.75, 3.05) is 5.75 Å². The minimum absolute atomic E-state index is 0. The van der Waals surface area contributed by atoms with Gasteiger partial charge in [-0.2, -0.15) is 0 Å². The normalized spacial score (nSPS) is 5.00. The molecule has 0 unspecified atom stereocenters. The van der Waals surface area contributed by atoms with Crippen molar-refractivity contribution >= 4 is 18.9 Å². The summed E-state index contributed by atoms with van der Waals surface area (Å²) in [7, 11) is 0. The number of carbonyl (C=O) groups is 1. The maximum atomic E-state index is 9.07. The Morgan fingerprint density at radius 3 is 2.00 bits per heavy atom. The van der Waals surface area contributed by atoms with Gasteiger partial charge in [0, 0.05) is 0 Å². The molecular formula is C2H3NaOS. The molecule has 0 bridgehead atoms. The van der Waals surface area contributed by atoms with Crippen molar-refractivity contribution in [1.82, 2.24) is 0 Å². The van der Waals surface area contributed by atoms with Gasteiger partial charge in [-0.1, -0.05) is 0 Å². The largest absolute Gasteiger partial charge is 1.00 e. The molecule has 0 amide bonds. The molecular weight excluding hydrogens is 95.1 g/mol. The summed E-state index contributed by atoms with van der Waals surface area (Å²) in [5.41, 5.74) is 0. The van der Waals surface area contributed by atoms with Gasteiger partial charge in [0.2, 0.25) is 0 Å². The van der Waals surface area contributed by atoms with Gasteiger partial charge in [0.15, 0.2) is 0 Å². The summed E-state index contributed by atoms with van der Waals surface area (Å²) in [6.45, 7) is 0. The first kappa shape index (κ1) is 9.39. The predicted octanol–water partition coefficient (Wildman–Crippen LogP) is -3.26. The van der Waals surface area contributed by atoms with Gasteiger partial charge < -0.3 is 17.4 Å². The van der Waals surface area contributed by atoms with Crippen molar-refractivity contribution < 1.29 is 34.4 Å². The molecule has 0 heterocycles. The first-order valence-electron chi connectivity index (χ1n) is 0.933. The first-order chi connectivity index (χ1) is 1.91. The monoisotopic (exact) mass is 98.0 g/mol. The zero-order chi connectivity index (χ0) is 3.41. The van der Waals surface area contributed by atoms with E-state index in [-0.39, 0.29) is 35.3 Å². The number of rotatable bonds is 1. The second kappa shape index (κ2) is 8.89. The van der Waals surface area contributed by atoms with Crippen LogP contribution in [0, 0.1) is 0 Å². The van der Waals surface area contributed by atoms with Gasteiger partial charge in [0.05, 0.1) is 6.29 Å². The Labute approximate surface area is 58.8 Å². The molecule has 0 atom stereocenters. The van der Waals surface area contributed by atoms with Crippen molar-refractivity contribution in [1.29, 1.82) is 0 Å². The number of carbonyl (C=O) groups excluding carboxylic acids is 1. The van der Waals surface area contributed by atoms with Crippen LogP contribution < -0.4 is 29.6 Å². The maximum Gasteiger partial charge on any atom is 1.00 e. The van der Waals surface area contributed by atoms with E-state index < -0.39 is 0 Å². The molecule has 0 aliphatic rings. The van der Waals surface area contributed by atoms with E-state index in [1.54, 1.807) is 0 Å². The fourth-order valence-electron chi connectivity index (χ4n) is 0. The summed E-state index contributed by atoms with van der Waals surface area (Å²) in [5, 5.41) is 0. The molecule has 0 aromatic carbocycles. The Hall–Kier alpha value is 1.02. The summed E-state index contributed by atoms with van der Waals surface area (Å²) in [6.07, 6.45) is 0.690. The predicted molar refractivity (Wildman–Crippen MR) is 18.3 cm³/mol. The van der Waals surface area contributed by atoms with Crippen LogP contribution in [-0.2, 0) is 17.4 Å². The molecule has 0 saturated heterocycles. The summed E-state index contributed by atoms with van der Waals surface area (Å²) in [4.78, 5) is 9.07. The Morgan fingerprint density at radius 2 is 2.00 bits per heavy atom. The minimum atomic E-state index is 0. The molecule has 0 aromatic rings. The molecule has 1 nitrogen and oxygen atoms in total. The third-order valence-corrected chi connectivity index (χ3v) is 0.204. The SMILES string of the molecule is O=CC[S-].[Na+]. The van der Waals surface area contributed by atoms with Crippen LogP contribution in [0.1, 0.15) is 0 Å². The number of aldehydes is 1. The van der Waals surface area contributed by atoms with Crippen LogP contribution in [0.2, 0.25) is 0 Å². The molecule has 0 N–H and O–H groups in total. The molecule has 3 heteroatoms. The summed E-state index contributed by atoms with van der Waals surface area (Å²) in [6, 6.07) is 0. The topological polar surface area (TPSA) is 17.1 Å². The summed E-state index contributed by atoms with van der Waals surface area (Å²) in [5.74, 6) is 0.222. The maximum absolute atomic E-state index is 9.07. The van der Waals surface area contributed by atoms with Gasteiger partial charge in [0.25, 0.3) is 0 Å². The zero-order valence-electron chi connectivity index (χ0n) is 3.10. The molecule has 0 radical (unpaired) electrons. The second-order valence-corrected chi connectivity index (χ2v) is 0.667. The molecule has 0 spiro atoms. The standard InChI is InChI=1S/C2H4OS.Na/c3-1-2-4;/h1,4H,2H2;/q;+1/p-1. The Bertz CT molecular complexity index is 23.6. The molecule has 5 heavy (non-hydrogen) atoms. The van der Waals surface area contributed by atoms with E-state index in [1.807, 2.05) is 0 Å². The zero-order valence-corrected chi connectivity index (χ0v) is 5.92. The minimum Gasteiger partial charge on any atom is -0.785 e. The van der Waals surface area contributed by atoms with Gasteiger partial charge in [0.1, 0.15) is 0 Å². The van der Waals surface area contributed by atoms with Crippen LogP contribution in [0.5, 0.6) is 0 Å². The quantitative estimate of drug-likeness (QED) is 0.194. The van der Waals surface area contributed by atoms with Gasteiger partial charge in [-0.3, -0.25) is 0 Å². The average Bonchev–Trinajstić information content (AvgIpc) is 1.37. The van der Waals surface area contributed by atoms with E-state index in [1.165, 1.54) is 0 Å². The van der Waals surface area contributed by atoms with Crippen LogP contribution in [0.3, 0.4) is 0 Å². The van der Waals surface area contributed by atoms with Crippen molar-refractivity contribution in [3.8, 4) is 0 Å². The van der Waals surface area contributed by atoms with Crippen LogP contribution in [0.4, 0.5) is 0 Å². The van der Waals surface area contributed by atoms with Crippen LogP contribution in [-0.4, -0.2) is 12.0 Å². The Morgan fingerprint density at radius 1 is 1.80 bits per heavy atom. The van der Waals surface area contributed by atoms with E-state index in [0.29, 0.717) is 6.29 Å². The number of hydrogen-bond donors (Lipinski definition) is 0. The second-order valence-electron chi connectivity index (χ2n) is 0.333. The van der Waals surface area contributed by atoms with E-state index in [2.05, 4.69) is 12.6 Å². The molecule has 24 valence electrons. The van der Waals surface area contributed by atoms with E-state index in [9.17, 15) is 0 Å². The van der Waals surface area contributed by atoms with Gasteiger partial charge in [-0.25, -0.2) is 0 Å². The molecule has 0 aliphatic carbocycles. The molecule has 0 saturated carbocycles. The third kappa shape index (κ3) is 11.2. The van der Waals surface area contributed by atoms with E-state index in [0.717, 1.165) is 0 Å². The Balaban J connectivity index is 0. The van der Waals surface area contributed by atoms with Gasteiger partial charge in [-0.05, 0) is 0 Å². The Kier molecular flexibility index (Phi) is 16.7. The summed E-state index contributed by atoms with van der Waals surface area (Å²) >= 11 is 4.19. The fourth-order valence-corrected chi connectivity index (χ4v) is 0. The van der Waals surface area contributed by atoms with Crippen molar-refractivity contribution in [3.05, 3.63) is 0 Å². The molecule has 0 aliphatic heterocycles. The van der Waals surface area contributed by atoms with Gasteiger partial charge in [-0.15, -0.1) is 5.75 Å². The van der Waals surface area contributed by atoms with Crippen molar-refractivity contribution in [3.63, 3.8) is 0 Å². The third-order valence-electron chi connectivity index (χ3n) is 0.0680. The number of hydrogen-bond acceptors (Lipinski definition) is 2. The van der Waals surface area contributed by atoms with Crippen LogP contribution in [0.25, 0.3) is 0 Å². The van der Waals surface area contributed by atoms with Gasteiger partial charge >= 0.3 is 29.6 Å². The van der Waals surface area contributed by atoms with E-state index in [4.69, 9.17) is 4.79 Å². The summed E-state index contributed by atoms with van der Waals surface area (Å²) < 4.78 is 0. The molecule has 0 aromatic heterocycles. The van der Waals surface area contributed by atoms with Crippen LogP contribution in [0.15, 0.2) is 0 Å². The first-order valence-corrected chi connectivity index (χ1v) is 1.51. The smallest absolute Gasteiger partial charge is 0.785 e. The van der Waals surface area contributed by atoms with Crippen LogP contribution >= 0.6 is 0 Å². The molecule has 0 rings (SSSR count). The van der Waals surface area contributed by atoms with Crippen molar-refractivity contribution in [2.24, 2.45) is 0 Å². The fraction of sp³-hybridized carbons (Fsp3) is 0.500. The van der Waals surface area contributed by atoms with Crippen molar-refractivity contribution in [2.45, 2.75) is 0 Å². The average molecular weight is 98.1 g/mol. The van der Waals surface area contributed by atoms with E-state index >= 15 is 0 Å². The molecule has 0 fully saturated rings.